The van der Waals surface area contributed by atoms with Crippen LogP contribution in [0.5, 0.6) is 0 Å². The summed E-state index contributed by atoms with van der Waals surface area (Å²) < 4.78 is 14.4. The van der Waals surface area contributed by atoms with E-state index in [1.54, 1.807) is 6.33 Å². The highest BCUT2D eigenvalue weighted by atomic mass is 79.9. The van der Waals surface area contributed by atoms with E-state index < -0.39 is 0 Å². The third-order valence-corrected chi connectivity index (χ3v) is 4.10. The van der Waals surface area contributed by atoms with Crippen LogP contribution in [0.2, 0.25) is 0 Å². The Morgan fingerprint density at radius 2 is 2.09 bits per heavy atom. The second kappa shape index (κ2) is 6.02. The minimum absolute atomic E-state index is 0.0858. The van der Waals surface area contributed by atoms with Crippen molar-refractivity contribution in [2.75, 3.05) is 18.9 Å². The first-order valence-electron chi connectivity index (χ1n) is 7.23. The van der Waals surface area contributed by atoms with E-state index in [4.69, 9.17) is 15.2 Å². The van der Waals surface area contributed by atoms with Crippen molar-refractivity contribution in [1.82, 2.24) is 9.55 Å². The van der Waals surface area contributed by atoms with Crippen molar-refractivity contribution in [2.24, 2.45) is 5.41 Å². The van der Waals surface area contributed by atoms with Crippen molar-refractivity contribution in [2.45, 2.75) is 26.7 Å². The van der Waals surface area contributed by atoms with Gasteiger partial charge in [-0.25, -0.2) is 4.98 Å². The van der Waals surface area contributed by atoms with Crippen LogP contribution in [0.15, 0.2) is 35.2 Å². The summed E-state index contributed by atoms with van der Waals surface area (Å²) in [5.41, 5.74) is 8.61. The van der Waals surface area contributed by atoms with Gasteiger partial charge >= 0.3 is 0 Å². The molecule has 2 aromatic rings. The minimum Gasteiger partial charge on any atom is -0.398 e. The summed E-state index contributed by atoms with van der Waals surface area (Å²) in [6.07, 6.45) is 3.52. The Labute approximate surface area is 138 Å². The molecule has 0 amide bonds. The normalized spacial score (nSPS) is 18.5. The van der Waals surface area contributed by atoms with Gasteiger partial charge in [0.2, 0.25) is 0 Å². The topological polar surface area (TPSA) is 62.3 Å². The molecule has 5 nitrogen and oxygen atoms in total. The molecule has 22 heavy (non-hydrogen) atoms. The van der Waals surface area contributed by atoms with E-state index in [1.165, 1.54) is 0 Å². The van der Waals surface area contributed by atoms with Gasteiger partial charge in [-0.05, 0) is 18.2 Å². The first-order valence-corrected chi connectivity index (χ1v) is 8.03. The zero-order valence-electron chi connectivity index (χ0n) is 12.8. The lowest BCUT2D eigenvalue weighted by Crippen LogP contribution is -2.39. The molecule has 118 valence electrons. The molecule has 1 aliphatic rings. The number of nitrogens with two attached hydrogens (primary N) is 1. The number of nitrogen functional groups attached to an aromatic ring is 1. The molecule has 0 spiro atoms. The van der Waals surface area contributed by atoms with Gasteiger partial charge in [0, 0.05) is 27.3 Å². The second-order valence-electron chi connectivity index (χ2n) is 6.40. The summed E-state index contributed by atoms with van der Waals surface area (Å²) in [7, 11) is 0. The maximum atomic E-state index is 6.05. The molecule has 2 heterocycles. The Hall–Kier alpha value is -1.37. The molecule has 0 radical (unpaired) electrons. The highest BCUT2D eigenvalue weighted by molar-refractivity contribution is 9.10. The van der Waals surface area contributed by atoms with Crippen molar-refractivity contribution in [1.29, 1.82) is 0 Å². The van der Waals surface area contributed by atoms with Crippen LogP contribution in [0.25, 0.3) is 11.3 Å². The van der Waals surface area contributed by atoms with E-state index in [0.717, 1.165) is 15.7 Å². The van der Waals surface area contributed by atoms with Crippen molar-refractivity contribution < 1.29 is 9.47 Å². The monoisotopic (exact) mass is 365 g/mol. The lowest BCUT2D eigenvalue weighted by Gasteiger charge is -2.34. The van der Waals surface area contributed by atoms with Crippen LogP contribution in [0.3, 0.4) is 0 Å². The molecular formula is C16H20BrN3O2. The first-order chi connectivity index (χ1) is 10.4. The maximum absolute atomic E-state index is 6.05. The fourth-order valence-corrected chi connectivity index (χ4v) is 2.75. The van der Waals surface area contributed by atoms with Crippen LogP contribution < -0.4 is 5.73 Å². The molecule has 1 saturated heterocycles. The van der Waals surface area contributed by atoms with Gasteiger partial charge in [-0.3, -0.25) is 0 Å². The Morgan fingerprint density at radius 1 is 1.36 bits per heavy atom. The average molecular weight is 366 g/mol. The fourth-order valence-electron chi connectivity index (χ4n) is 2.37. The van der Waals surface area contributed by atoms with Crippen LogP contribution in [0, 0.1) is 5.41 Å². The fraction of sp³-hybridized carbons (Fsp3) is 0.438. The SMILES string of the molecule is CC1(C)COC(Cn2cnc(-c3ccc(Br)cc3N)c2)OC1. The van der Waals surface area contributed by atoms with E-state index in [9.17, 15) is 0 Å². The predicted octanol–water partition coefficient (Wildman–Crippen LogP) is 3.29. The van der Waals surface area contributed by atoms with Crippen molar-refractivity contribution >= 4 is 21.6 Å². The molecule has 1 aromatic carbocycles. The third kappa shape index (κ3) is 3.51. The standard InChI is InChI=1S/C16H20BrN3O2/c1-16(2)8-21-15(22-9-16)7-20-6-14(19-10-20)12-4-3-11(17)5-13(12)18/h3-6,10,15H,7-9,18H2,1-2H3. The van der Waals surface area contributed by atoms with E-state index in [-0.39, 0.29) is 11.7 Å². The van der Waals surface area contributed by atoms with Gasteiger partial charge in [0.1, 0.15) is 0 Å². The molecule has 2 N–H and O–H groups in total. The van der Waals surface area contributed by atoms with Crippen LogP contribution >= 0.6 is 15.9 Å². The van der Waals surface area contributed by atoms with Crippen LogP contribution in [-0.2, 0) is 16.0 Å². The number of anilines is 1. The molecule has 0 saturated carbocycles. The highest BCUT2D eigenvalue weighted by Gasteiger charge is 2.28. The lowest BCUT2D eigenvalue weighted by atomic mass is 9.96. The summed E-state index contributed by atoms with van der Waals surface area (Å²) in [4.78, 5) is 4.43. The quantitative estimate of drug-likeness (QED) is 0.847. The average Bonchev–Trinajstić information content (AvgIpc) is 2.89. The Morgan fingerprint density at radius 3 is 2.77 bits per heavy atom. The van der Waals surface area contributed by atoms with Gasteiger partial charge in [0.05, 0.1) is 31.8 Å². The Bertz CT molecular complexity index is 659. The van der Waals surface area contributed by atoms with Gasteiger partial charge < -0.3 is 19.8 Å². The first kappa shape index (κ1) is 15.5. The number of benzene rings is 1. The summed E-state index contributed by atoms with van der Waals surface area (Å²) >= 11 is 3.41. The number of nitrogens with zero attached hydrogens (tertiary/aromatic N) is 2. The number of halogens is 1. The summed E-state index contributed by atoms with van der Waals surface area (Å²) in [5.74, 6) is 0. The summed E-state index contributed by atoms with van der Waals surface area (Å²) in [6.45, 7) is 6.31. The molecule has 0 aliphatic carbocycles. The summed E-state index contributed by atoms with van der Waals surface area (Å²) in [6, 6.07) is 5.80. The van der Waals surface area contributed by atoms with Gasteiger partial charge in [0.25, 0.3) is 0 Å². The highest BCUT2D eigenvalue weighted by Crippen LogP contribution is 2.28. The Balaban J connectivity index is 1.69. The number of ether oxygens (including phenoxy) is 2. The van der Waals surface area contributed by atoms with E-state index in [2.05, 4.69) is 34.8 Å². The molecular weight excluding hydrogens is 346 g/mol. The molecule has 0 atom stereocenters. The largest absolute Gasteiger partial charge is 0.398 e. The number of hydrogen-bond donors (Lipinski definition) is 1. The number of hydrogen-bond acceptors (Lipinski definition) is 4. The molecule has 1 aliphatic heterocycles. The van der Waals surface area contributed by atoms with Crippen LogP contribution in [0.1, 0.15) is 13.8 Å². The van der Waals surface area contributed by atoms with Crippen LogP contribution in [0.4, 0.5) is 5.69 Å². The number of aromatic nitrogens is 2. The van der Waals surface area contributed by atoms with Gasteiger partial charge in [-0.15, -0.1) is 0 Å². The molecule has 0 bridgehead atoms. The lowest BCUT2D eigenvalue weighted by molar-refractivity contribution is -0.226. The molecule has 1 aromatic heterocycles. The summed E-state index contributed by atoms with van der Waals surface area (Å²) in [5, 5.41) is 0. The van der Waals surface area contributed by atoms with Crippen LogP contribution in [-0.4, -0.2) is 29.1 Å². The van der Waals surface area contributed by atoms with Crippen molar-refractivity contribution in [3.63, 3.8) is 0 Å². The van der Waals surface area contributed by atoms with Crippen molar-refractivity contribution in [3.8, 4) is 11.3 Å². The Kier molecular flexibility index (Phi) is 4.25. The third-order valence-electron chi connectivity index (χ3n) is 3.60. The molecule has 6 heteroatoms. The zero-order valence-corrected chi connectivity index (χ0v) is 14.3. The smallest absolute Gasteiger partial charge is 0.175 e. The van der Waals surface area contributed by atoms with Gasteiger partial charge in [-0.2, -0.15) is 0 Å². The van der Waals surface area contributed by atoms with Crippen molar-refractivity contribution in [3.05, 3.63) is 35.2 Å². The molecule has 1 fully saturated rings. The number of rotatable bonds is 3. The maximum Gasteiger partial charge on any atom is 0.175 e. The zero-order chi connectivity index (χ0) is 15.7. The molecule has 3 rings (SSSR count). The van der Waals surface area contributed by atoms with Gasteiger partial charge in [0.15, 0.2) is 6.29 Å². The predicted molar refractivity (Wildman–Crippen MR) is 89.2 cm³/mol. The van der Waals surface area contributed by atoms with Gasteiger partial charge in [-0.1, -0.05) is 29.8 Å². The second-order valence-corrected chi connectivity index (χ2v) is 7.32. The van der Waals surface area contributed by atoms with E-state index >= 15 is 0 Å². The molecule has 0 unspecified atom stereocenters. The van der Waals surface area contributed by atoms with E-state index in [0.29, 0.717) is 25.4 Å². The van der Waals surface area contributed by atoms with E-state index in [1.807, 2.05) is 29.0 Å². The minimum atomic E-state index is -0.225. The number of imidazole rings is 1.